The van der Waals surface area contributed by atoms with E-state index in [1.165, 1.54) is 37.3 Å². The minimum atomic E-state index is -1.26. The van der Waals surface area contributed by atoms with Crippen LogP contribution in [0.3, 0.4) is 0 Å². The van der Waals surface area contributed by atoms with E-state index in [-0.39, 0.29) is 11.3 Å². The van der Waals surface area contributed by atoms with Crippen molar-refractivity contribution < 1.29 is 14.8 Å². The first-order valence-electron chi connectivity index (χ1n) is 4.15. The Kier molecular flexibility index (Phi) is 3.17. The van der Waals surface area contributed by atoms with E-state index in [2.05, 4.69) is 0 Å². The summed E-state index contributed by atoms with van der Waals surface area (Å²) in [7, 11) is 0. The van der Waals surface area contributed by atoms with Gasteiger partial charge in [0.1, 0.15) is 0 Å². The van der Waals surface area contributed by atoms with E-state index in [0.717, 1.165) is 0 Å². The van der Waals surface area contributed by atoms with Crippen LogP contribution in [0.2, 0.25) is 0 Å². The molecule has 0 N–H and O–H groups in total. The Morgan fingerprint density at radius 2 is 1.87 bits per heavy atom. The number of carbonyl (C=O) groups is 1. The van der Waals surface area contributed by atoms with Crippen LogP contribution in [0.4, 0.5) is 5.69 Å². The number of rotatable bonds is 3. The van der Waals surface area contributed by atoms with Crippen LogP contribution >= 0.6 is 0 Å². The van der Waals surface area contributed by atoms with Gasteiger partial charge in [-0.1, -0.05) is 6.08 Å². The largest absolute Gasteiger partial charge is 0.545 e. The molecule has 0 atom stereocenters. The number of nitro groups is 1. The van der Waals surface area contributed by atoms with Gasteiger partial charge in [-0.25, -0.2) is 0 Å². The maximum Gasteiger partial charge on any atom is 0.269 e. The van der Waals surface area contributed by atoms with Crippen molar-refractivity contribution in [2.24, 2.45) is 0 Å². The van der Waals surface area contributed by atoms with Crippen LogP contribution in [0, 0.1) is 10.1 Å². The minimum Gasteiger partial charge on any atom is -0.545 e. The smallest absolute Gasteiger partial charge is 0.269 e. The van der Waals surface area contributed by atoms with E-state index in [4.69, 9.17) is 0 Å². The molecular weight excluding hydrogens is 198 g/mol. The summed E-state index contributed by atoms with van der Waals surface area (Å²) in [5, 5.41) is 20.7. The molecule has 5 heteroatoms. The summed E-state index contributed by atoms with van der Waals surface area (Å²) in [6, 6.07) is 5.58. The molecule has 0 aromatic heterocycles. The number of nitro benzene ring substituents is 1. The predicted molar refractivity (Wildman–Crippen MR) is 51.8 cm³/mol. The molecule has 1 aromatic carbocycles. The fourth-order valence-electron chi connectivity index (χ4n) is 1.00. The highest BCUT2D eigenvalue weighted by Crippen LogP contribution is 2.13. The van der Waals surface area contributed by atoms with Crippen molar-refractivity contribution in [2.75, 3.05) is 0 Å². The van der Waals surface area contributed by atoms with Crippen molar-refractivity contribution in [3.05, 3.63) is 45.5 Å². The van der Waals surface area contributed by atoms with Gasteiger partial charge in [-0.15, -0.1) is 0 Å². The van der Waals surface area contributed by atoms with Crippen molar-refractivity contribution >= 4 is 17.7 Å². The second-order valence-electron chi connectivity index (χ2n) is 2.96. The van der Waals surface area contributed by atoms with Crippen LogP contribution in [0.5, 0.6) is 0 Å². The molecule has 0 aliphatic heterocycles. The molecule has 0 saturated heterocycles. The Bertz CT molecular complexity index is 420. The highest BCUT2D eigenvalue weighted by atomic mass is 16.6. The number of hydrogen-bond acceptors (Lipinski definition) is 4. The van der Waals surface area contributed by atoms with Crippen molar-refractivity contribution in [3.63, 3.8) is 0 Å². The van der Waals surface area contributed by atoms with Crippen molar-refractivity contribution in [3.8, 4) is 0 Å². The number of carboxylic acid groups (broad SMARTS) is 1. The summed E-state index contributed by atoms with van der Waals surface area (Å²) in [5.74, 6) is -1.26. The normalized spacial score (nSPS) is 11.1. The van der Waals surface area contributed by atoms with Crippen molar-refractivity contribution in [1.82, 2.24) is 0 Å². The van der Waals surface area contributed by atoms with E-state index >= 15 is 0 Å². The lowest BCUT2D eigenvalue weighted by atomic mass is 10.1. The van der Waals surface area contributed by atoms with Crippen molar-refractivity contribution in [1.29, 1.82) is 0 Å². The van der Waals surface area contributed by atoms with Gasteiger partial charge in [0.25, 0.3) is 5.69 Å². The van der Waals surface area contributed by atoms with E-state index in [1.807, 2.05) is 0 Å². The number of nitrogens with zero attached hydrogens (tertiary/aromatic N) is 1. The van der Waals surface area contributed by atoms with Gasteiger partial charge in [0, 0.05) is 12.1 Å². The first-order valence-corrected chi connectivity index (χ1v) is 4.15. The first-order chi connectivity index (χ1) is 7.00. The zero-order chi connectivity index (χ0) is 11.4. The molecular formula is C10H8NO4-. The number of aliphatic carboxylic acids is 1. The Morgan fingerprint density at radius 1 is 1.33 bits per heavy atom. The number of carboxylic acids is 1. The molecule has 0 fully saturated rings. The van der Waals surface area contributed by atoms with Crippen LogP contribution in [0.1, 0.15) is 12.5 Å². The van der Waals surface area contributed by atoms with E-state index < -0.39 is 10.9 Å². The van der Waals surface area contributed by atoms with Gasteiger partial charge in [0.15, 0.2) is 0 Å². The summed E-state index contributed by atoms with van der Waals surface area (Å²) >= 11 is 0. The maximum atomic E-state index is 10.4. The average Bonchev–Trinajstić information content (AvgIpc) is 2.18. The Hall–Kier alpha value is -2.17. The average molecular weight is 206 g/mol. The molecule has 0 spiro atoms. The monoisotopic (exact) mass is 206 g/mol. The lowest BCUT2D eigenvalue weighted by molar-refractivity contribution is -0.384. The van der Waals surface area contributed by atoms with Crippen molar-refractivity contribution in [2.45, 2.75) is 6.92 Å². The standard InChI is InChI=1S/C10H9NO4/c1-7(10(12)13)6-8-2-4-9(5-3-8)11(14)15/h2-6H,1H3,(H,12,13)/p-1/b7-6+. The second-order valence-corrected chi connectivity index (χ2v) is 2.96. The van der Waals surface area contributed by atoms with Gasteiger partial charge in [-0.2, -0.15) is 0 Å². The number of benzene rings is 1. The molecule has 0 bridgehead atoms. The number of non-ortho nitro benzene ring substituents is 1. The van der Waals surface area contributed by atoms with Crippen LogP contribution in [-0.4, -0.2) is 10.9 Å². The molecule has 1 rings (SSSR count). The van der Waals surface area contributed by atoms with Gasteiger partial charge < -0.3 is 9.90 Å². The quantitative estimate of drug-likeness (QED) is 0.415. The minimum absolute atomic E-state index is 0.0294. The van der Waals surface area contributed by atoms with Gasteiger partial charge in [-0.05, 0) is 30.2 Å². The third kappa shape index (κ3) is 2.91. The molecule has 0 aliphatic carbocycles. The summed E-state index contributed by atoms with van der Waals surface area (Å²) in [4.78, 5) is 20.2. The summed E-state index contributed by atoms with van der Waals surface area (Å²) in [6.45, 7) is 1.40. The fraction of sp³-hybridized carbons (Fsp3) is 0.100. The van der Waals surface area contributed by atoms with E-state index in [0.29, 0.717) is 5.56 Å². The van der Waals surface area contributed by atoms with Gasteiger partial charge in [0.2, 0.25) is 0 Å². The highest BCUT2D eigenvalue weighted by molar-refractivity contribution is 5.89. The first kappa shape index (κ1) is 10.9. The third-order valence-electron chi connectivity index (χ3n) is 1.81. The Labute approximate surface area is 85.8 Å². The van der Waals surface area contributed by atoms with E-state index in [1.54, 1.807) is 0 Å². The van der Waals surface area contributed by atoms with E-state index in [9.17, 15) is 20.0 Å². The molecule has 15 heavy (non-hydrogen) atoms. The zero-order valence-corrected chi connectivity index (χ0v) is 7.97. The fourth-order valence-corrected chi connectivity index (χ4v) is 1.00. The SMILES string of the molecule is C/C(=C\c1ccc([N+](=O)[O-])cc1)C(=O)[O-]. The molecule has 0 heterocycles. The van der Waals surface area contributed by atoms with Crippen LogP contribution < -0.4 is 5.11 Å². The van der Waals surface area contributed by atoms with Gasteiger partial charge in [0.05, 0.1) is 10.9 Å². The molecule has 0 saturated carbocycles. The molecule has 0 unspecified atom stereocenters. The highest BCUT2D eigenvalue weighted by Gasteiger charge is 2.02. The molecule has 1 aromatic rings. The Morgan fingerprint density at radius 3 is 2.27 bits per heavy atom. The predicted octanol–water partition coefficient (Wildman–Crippen LogP) is 0.748. The van der Waals surface area contributed by atoms with Gasteiger partial charge in [-0.3, -0.25) is 10.1 Å². The molecule has 5 nitrogen and oxygen atoms in total. The van der Waals surface area contributed by atoms with Crippen LogP contribution in [-0.2, 0) is 4.79 Å². The molecule has 0 amide bonds. The summed E-state index contributed by atoms with van der Waals surface area (Å²) in [6.07, 6.45) is 1.39. The topological polar surface area (TPSA) is 83.3 Å². The second kappa shape index (κ2) is 4.36. The Balaban J connectivity index is 2.95. The lowest BCUT2D eigenvalue weighted by Crippen LogP contribution is -2.22. The summed E-state index contributed by atoms with van der Waals surface area (Å²) in [5.41, 5.74) is 0.629. The van der Waals surface area contributed by atoms with Gasteiger partial charge >= 0.3 is 0 Å². The number of hydrogen-bond donors (Lipinski definition) is 0. The summed E-state index contributed by atoms with van der Waals surface area (Å²) < 4.78 is 0. The maximum absolute atomic E-state index is 10.4. The zero-order valence-electron chi connectivity index (χ0n) is 7.97. The third-order valence-corrected chi connectivity index (χ3v) is 1.81. The molecule has 0 radical (unpaired) electrons. The molecule has 78 valence electrons. The molecule has 0 aliphatic rings. The lowest BCUT2D eigenvalue weighted by Gasteiger charge is -2.01. The van der Waals surface area contributed by atoms with Crippen LogP contribution in [0.25, 0.3) is 6.08 Å². The van der Waals surface area contributed by atoms with Crippen LogP contribution in [0.15, 0.2) is 29.8 Å². The number of carbonyl (C=O) groups excluding carboxylic acids is 1.